The van der Waals surface area contributed by atoms with Crippen molar-refractivity contribution in [3.8, 4) is 0 Å². The van der Waals surface area contributed by atoms with Crippen LogP contribution in [-0.2, 0) is 24.3 Å². The molecule has 5 nitrogen and oxygen atoms in total. The predicted molar refractivity (Wildman–Crippen MR) is 92.9 cm³/mol. The molecular weight excluding hydrogens is 321 g/mol. The lowest BCUT2D eigenvalue weighted by Gasteiger charge is -2.24. The van der Waals surface area contributed by atoms with E-state index in [9.17, 15) is 9.18 Å². The van der Waals surface area contributed by atoms with Crippen LogP contribution in [0.4, 0.5) is 4.39 Å². The van der Waals surface area contributed by atoms with Gasteiger partial charge in [0.05, 0.1) is 18.4 Å². The van der Waals surface area contributed by atoms with E-state index in [1.54, 1.807) is 6.07 Å². The number of halogens is 1. The highest BCUT2D eigenvalue weighted by molar-refractivity contribution is 5.94. The molecule has 0 bridgehead atoms. The number of amides is 1. The Morgan fingerprint density at radius 1 is 1.48 bits per heavy atom. The summed E-state index contributed by atoms with van der Waals surface area (Å²) in [6, 6.07) is 4.46. The van der Waals surface area contributed by atoms with Crippen LogP contribution in [0, 0.1) is 12.7 Å². The molecule has 0 saturated heterocycles. The van der Waals surface area contributed by atoms with E-state index in [0.717, 1.165) is 24.4 Å². The molecule has 0 saturated carbocycles. The van der Waals surface area contributed by atoms with Gasteiger partial charge in [0.15, 0.2) is 0 Å². The van der Waals surface area contributed by atoms with E-state index in [-0.39, 0.29) is 30.5 Å². The lowest BCUT2D eigenvalue weighted by Crippen LogP contribution is -2.40. The van der Waals surface area contributed by atoms with Gasteiger partial charge in [-0.3, -0.25) is 4.79 Å². The maximum Gasteiger partial charge on any atom is 0.251 e. The number of aryl methyl sites for hydroxylation is 2. The van der Waals surface area contributed by atoms with Gasteiger partial charge in [0, 0.05) is 36.3 Å². The molecule has 1 aromatic carbocycles. The van der Waals surface area contributed by atoms with Gasteiger partial charge in [0.25, 0.3) is 5.91 Å². The average Bonchev–Trinajstić information content (AvgIpc) is 2.93. The topological polar surface area (TPSA) is 56.2 Å². The SMILES string of the molecule is Cc1cn2c(n1)CCC(NC(=O)c1ccc(F)c(COC(C)C)c1)C2. The molecule has 0 radical (unpaired) electrons. The maximum absolute atomic E-state index is 13.9. The monoisotopic (exact) mass is 345 g/mol. The molecule has 1 N–H and O–H groups in total. The smallest absolute Gasteiger partial charge is 0.251 e. The maximum atomic E-state index is 13.9. The molecule has 134 valence electrons. The summed E-state index contributed by atoms with van der Waals surface area (Å²) >= 11 is 0. The molecular formula is C19H24FN3O2. The first kappa shape index (κ1) is 17.6. The van der Waals surface area contributed by atoms with Crippen LogP contribution in [0.15, 0.2) is 24.4 Å². The molecule has 1 aromatic heterocycles. The fraction of sp³-hybridized carbons (Fsp3) is 0.474. The van der Waals surface area contributed by atoms with Crippen molar-refractivity contribution in [3.63, 3.8) is 0 Å². The van der Waals surface area contributed by atoms with Crippen LogP contribution in [0.1, 0.15) is 47.7 Å². The Balaban J connectivity index is 1.66. The molecule has 2 aromatic rings. The molecule has 1 aliphatic heterocycles. The Kier molecular flexibility index (Phi) is 5.18. The Labute approximate surface area is 147 Å². The highest BCUT2D eigenvalue weighted by atomic mass is 19.1. The van der Waals surface area contributed by atoms with Crippen LogP contribution >= 0.6 is 0 Å². The van der Waals surface area contributed by atoms with Crippen LogP contribution in [0.5, 0.6) is 0 Å². The highest BCUT2D eigenvalue weighted by Gasteiger charge is 2.22. The summed E-state index contributed by atoms with van der Waals surface area (Å²) in [4.78, 5) is 17.0. The zero-order valence-electron chi connectivity index (χ0n) is 14.9. The first-order valence-corrected chi connectivity index (χ1v) is 8.66. The summed E-state index contributed by atoms with van der Waals surface area (Å²) in [5, 5.41) is 3.05. The van der Waals surface area contributed by atoms with E-state index in [0.29, 0.717) is 17.7 Å². The lowest BCUT2D eigenvalue weighted by molar-refractivity contribution is 0.0638. The fourth-order valence-corrected chi connectivity index (χ4v) is 3.06. The molecule has 25 heavy (non-hydrogen) atoms. The van der Waals surface area contributed by atoms with Gasteiger partial charge >= 0.3 is 0 Å². The summed E-state index contributed by atoms with van der Waals surface area (Å²) in [6.07, 6.45) is 3.71. The number of hydrogen-bond donors (Lipinski definition) is 1. The van der Waals surface area contributed by atoms with E-state index in [2.05, 4.69) is 14.9 Å². The summed E-state index contributed by atoms with van der Waals surface area (Å²) in [5.74, 6) is 0.530. The number of nitrogens with zero attached hydrogens (tertiary/aromatic N) is 2. The number of aromatic nitrogens is 2. The zero-order valence-corrected chi connectivity index (χ0v) is 14.9. The van der Waals surface area contributed by atoms with Crippen molar-refractivity contribution in [1.29, 1.82) is 0 Å². The second-order valence-electron chi connectivity index (χ2n) is 6.83. The van der Waals surface area contributed by atoms with E-state index in [1.165, 1.54) is 12.1 Å². The molecule has 3 rings (SSSR count). The first-order chi connectivity index (χ1) is 11.9. The average molecular weight is 345 g/mol. The van der Waals surface area contributed by atoms with Gasteiger partial charge in [0.1, 0.15) is 11.6 Å². The second-order valence-corrected chi connectivity index (χ2v) is 6.83. The third-order valence-corrected chi connectivity index (χ3v) is 4.33. The van der Waals surface area contributed by atoms with Crippen molar-refractivity contribution in [2.24, 2.45) is 0 Å². The minimum Gasteiger partial charge on any atom is -0.374 e. The predicted octanol–water partition coefficient (Wildman–Crippen LogP) is 3.00. The van der Waals surface area contributed by atoms with Gasteiger partial charge < -0.3 is 14.6 Å². The van der Waals surface area contributed by atoms with Crippen molar-refractivity contribution in [2.75, 3.05) is 0 Å². The largest absolute Gasteiger partial charge is 0.374 e. The number of carbonyl (C=O) groups excluding carboxylic acids is 1. The van der Waals surface area contributed by atoms with Gasteiger partial charge in [-0.25, -0.2) is 9.37 Å². The molecule has 1 aliphatic rings. The molecule has 0 fully saturated rings. The number of benzene rings is 1. The van der Waals surface area contributed by atoms with Gasteiger partial charge in [-0.15, -0.1) is 0 Å². The quantitative estimate of drug-likeness (QED) is 0.906. The number of rotatable bonds is 5. The third-order valence-electron chi connectivity index (χ3n) is 4.33. The number of ether oxygens (including phenoxy) is 1. The molecule has 1 amide bonds. The van der Waals surface area contributed by atoms with E-state index in [4.69, 9.17) is 4.74 Å². The van der Waals surface area contributed by atoms with Crippen LogP contribution in [-0.4, -0.2) is 27.6 Å². The van der Waals surface area contributed by atoms with Crippen LogP contribution in [0.2, 0.25) is 0 Å². The van der Waals surface area contributed by atoms with Crippen LogP contribution in [0.3, 0.4) is 0 Å². The highest BCUT2D eigenvalue weighted by Crippen LogP contribution is 2.17. The van der Waals surface area contributed by atoms with E-state index in [1.807, 2.05) is 27.0 Å². The minimum atomic E-state index is -0.353. The van der Waals surface area contributed by atoms with Crippen LogP contribution < -0.4 is 5.32 Å². The molecule has 2 heterocycles. The normalized spacial score (nSPS) is 16.8. The molecule has 0 aliphatic carbocycles. The van der Waals surface area contributed by atoms with E-state index < -0.39 is 0 Å². The minimum absolute atomic E-state index is 0.00644. The Morgan fingerprint density at radius 3 is 3.04 bits per heavy atom. The van der Waals surface area contributed by atoms with Crippen molar-refractivity contribution < 1.29 is 13.9 Å². The fourth-order valence-electron chi connectivity index (χ4n) is 3.06. The molecule has 6 heteroatoms. The van der Waals surface area contributed by atoms with Crippen molar-refractivity contribution in [2.45, 2.75) is 58.9 Å². The Morgan fingerprint density at radius 2 is 2.28 bits per heavy atom. The summed E-state index contributed by atoms with van der Waals surface area (Å²) in [5.41, 5.74) is 1.85. The number of hydrogen-bond acceptors (Lipinski definition) is 3. The molecule has 1 atom stereocenters. The number of carbonyl (C=O) groups is 1. The Bertz CT molecular complexity index is 770. The first-order valence-electron chi connectivity index (χ1n) is 8.66. The van der Waals surface area contributed by atoms with Gasteiger partial charge in [-0.05, 0) is 45.4 Å². The number of imidazole rings is 1. The summed E-state index contributed by atoms with van der Waals surface area (Å²) in [7, 11) is 0. The number of fused-ring (bicyclic) bond motifs is 1. The van der Waals surface area contributed by atoms with Crippen molar-refractivity contribution in [1.82, 2.24) is 14.9 Å². The van der Waals surface area contributed by atoms with Crippen molar-refractivity contribution in [3.05, 3.63) is 52.9 Å². The molecule has 1 unspecified atom stereocenters. The zero-order chi connectivity index (χ0) is 18.0. The number of nitrogens with one attached hydrogen (secondary N) is 1. The summed E-state index contributed by atoms with van der Waals surface area (Å²) < 4.78 is 21.4. The van der Waals surface area contributed by atoms with Gasteiger partial charge in [0.2, 0.25) is 0 Å². The second kappa shape index (κ2) is 7.35. The van der Waals surface area contributed by atoms with E-state index >= 15 is 0 Å². The van der Waals surface area contributed by atoms with Gasteiger partial charge in [-0.2, -0.15) is 0 Å². The summed E-state index contributed by atoms with van der Waals surface area (Å²) in [6.45, 7) is 6.63. The standard InChI is InChI=1S/C19H24FN3O2/c1-12(2)25-11-15-8-14(4-6-17(15)20)19(24)22-16-5-7-18-21-13(3)9-23(18)10-16/h4,6,8-9,12,16H,5,7,10-11H2,1-3H3,(H,22,24). The van der Waals surface area contributed by atoms with Crippen molar-refractivity contribution >= 4 is 5.91 Å². The third kappa shape index (κ3) is 4.25. The lowest BCUT2D eigenvalue weighted by atomic mass is 10.1. The Hall–Kier alpha value is -2.21. The van der Waals surface area contributed by atoms with Gasteiger partial charge in [-0.1, -0.05) is 0 Å². The van der Waals surface area contributed by atoms with Crippen LogP contribution in [0.25, 0.3) is 0 Å². The molecule has 0 spiro atoms.